The Morgan fingerprint density at radius 1 is 1.24 bits per heavy atom. The third-order valence-corrected chi connectivity index (χ3v) is 4.30. The van der Waals surface area contributed by atoms with Gasteiger partial charge < -0.3 is 10.2 Å². The second kappa shape index (κ2) is 6.77. The number of fused-ring (bicyclic) bond motifs is 1. The average molecular weight is 370 g/mol. The molecule has 0 radical (unpaired) electrons. The van der Waals surface area contributed by atoms with Crippen molar-refractivity contribution in [1.29, 1.82) is 0 Å². The molecule has 112 valence electrons. The highest BCUT2D eigenvalue weighted by molar-refractivity contribution is 9.10. The van der Waals surface area contributed by atoms with E-state index in [-0.39, 0.29) is 24.4 Å². The van der Waals surface area contributed by atoms with Crippen LogP contribution < -0.4 is 5.32 Å². The van der Waals surface area contributed by atoms with Crippen molar-refractivity contribution in [2.75, 3.05) is 19.6 Å². The standard InChI is InChI=1S/C16H17BrN2O.ClH/c1-11-10-18-6-7-19(11)16(20)14-3-2-13-9-15(17)5-4-12(13)8-14;/h2-5,8-9,11,18H,6-7,10H2,1H3;1H. The van der Waals surface area contributed by atoms with E-state index in [9.17, 15) is 4.79 Å². The van der Waals surface area contributed by atoms with Crippen molar-refractivity contribution in [2.24, 2.45) is 0 Å². The van der Waals surface area contributed by atoms with E-state index in [4.69, 9.17) is 0 Å². The fourth-order valence-electron chi connectivity index (χ4n) is 2.66. The maximum absolute atomic E-state index is 12.6. The SMILES string of the molecule is CC1CNCCN1C(=O)c1ccc2cc(Br)ccc2c1.Cl. The van der Waals surface area contributed by atoms with E-state index < -0.39 is 0 Å². The van der Waals surface area contributed by atoms with E-state index in [0.717, 1.165) is 40.4 Å². The topological polar surface area (TPSA) is 32.3 Å². The van der Waals surface area contributed by atoms with Crippen LogP contribution in [0.2, 0.25) is 0 Å². The van der Waals surface area contributed by atoms with Crippen LogP contribution in [0.25, 0.3) is 10.8 Å². The third kappa shape index (κ3) is 3.39. The van der Waals surface area contributed by atoms with Crippen molar-refractivity contribution in [3.8, 4) is 0 Å². The van der Waals surface area contributed by atoms with E-state index >= 15 is 0 Å². The Morgan fingerprint density at radius 3 is 2.71 bits per heavy atom. The molecule has 2 aromatic carbocycles. The number of rotatable bonds is 1. The second-order valence-electron chi connectivity index (χ2n) is 5.26. The highest BCUT2D eigenvalue weighted by Gasteiger charge is 2.23. The van der Waals surface area contributed by atoms with Crippen LogP contribution in [0.4, 0.5) is 0 Å². The first-order valence-electron chi connectivity index (χ1n) is 6.86. The quantitative estimate of drug-likeness (QED) is 0.835. The number of nitrogens with zero attached hydrogens (tertiary/aromatic N) is 1. The maximum Gasteiger partial charge on any atom is 0.254 e. The number of hydrogen-bond donors (Lipinski definition) is 1. The van der Waals surface area contributed by atoms with Crippen LogP contribution in [0.15, 0.2) is 40.9 Å². The molecule has 3 rings (SSSR count). The van der Waals surface area contributed by atoms with E-state index in [2.05, 4.69) is 34.2 Å². The number of nitrogens with one attached hydrogen (secondary N) is 1. The predicted octanol–water partition coefficient (Wildman–Crippen LogP) is 3.46. The minimum Gasteiger partial charge on any atom is -0.333 e. The number of piperazine rings is 1. The van der Waals surface area contributed by atoms with Gasteiger partial charge in [0, 0.05) is 35.7 Å². The molecule has 1 amide bonds. The van der Waals surface area contributed by atoms with Crippen LogP contribution in [0.3, 0.4) is 0 Å². The summed E-state index contributed by atoms with van der Waals surface area (Å²) in [7, 11) is 0. The molecule has 5 heteroatoms. The molecule has 0 spiro atoms. The fraction of sp³-hybridized carbons (Fsp3) is 0.312. The number of carbonyl (C=O) groups is 1. The maximum atomic E-state index is 12.6. The van der Waals surface area contributed by atoms with E-state index in [1.165, 1.54) is 0 Å². The zero-order chi connectivity index (χ0) is 14.1. The fourth-order valence-corrected chi connectivity index (χ4v) is 3.04. The molecule has 1 aliphatic heterocycles. The smallest absolute Gasteiger partial charge is 0.254 e. The molecular formula is C16H18BrClN2O. The Balaban J connectivity index is 0.00000161. The summed E-state index contributed by atoms with van der Waals surface area (Å²) in [6, 6.07) is 12.3. The molecular weight excluding hydrogens is 352 g/mol. The molecule has 0 aromatic heterocycles. The van der Waals surface area contributed by atoms with Crippen molar-refractivity contribution >= 4 is 45.0 Å². The minimum absolute atomic E-state index is 0. The molecule has 3 nitrogen and oxygen atoms in total. The van der Waals surface area contributed by atoms with Gasteiger partial charge >= 0.3 is 0 Å². The number of benzene rings is 2. The van der Waals surface area contributed by atoms with Crippen molar-refractivity contribution in [1.82, 2.24) is 10.2 Å². The zero-order valence-corrected chi connectivity index (χ0v) is 14.2. The number of carbonyl (C=O) groups excluding carboxylic acids is 1. The summed E-state index contributed by atoms with van der Waals surface area (Å²) >= 11 is 3.47. The molecule has 21 heavy (non-hydrogen) atoms. The van der Waals surface area contributed by atoms with Crippen LogP contribution >= 0.6 is 28.3 Å². The lowest BCUT2D eigenvalue weighted by Crippen LogP contribution is -2.52. The molecule has 0 saturated carbocycles. The predicted molar refractivity (Wildman–Crippen MR) is 92.3 cm³/mol. The van der Waals surface area contributed by atoms with Crippen LogP contribution in [0.5, 0.6) is 0 Å². The normalized spacial score (nSPS) is 18.4. The van der Waals surface area contributed by atoms with E-state index in [1.54, 1.807) is 0 Å². The molecule has 0 bridgehead atoms. The van der Waals surface area contributed by atoms with Gasteiger partial charge in [0.2, 0.25) is 0 Å². The Bertz CT molecular complexity index is 662. The molecule has 0 aliphatic carbocycles. The molecule has 1 aliphatic rings. The summed E-state index contributed by atoms with van der Waals surface area (Å²) in [6.07, 6.45) is 0. The van der Waals surface area contributed by atoms with Gasteiger partial charge in [-0.3, -0.25) is 4.79 Å². The van der Waals surface area contributed by atoms with Gasteiger partial charge in [-0.1, -0.05) is 28.1 Å². The summed E-state index contributed by atoms with van der Waals surface area (Å²) in [5, 5.41) is 5.55. The molecule has 1 unspecified atom stereocenters. The van der Waals surface area contributed by atoms with Gasteiger partial charge in [-0.2, -0.15) is 0 Å². The molecule has 1 heterocycles. The number of hydrogen-bond acceptors (Lipinski definition) is 2. The van der Waals surface area contributed by atoms with Crippen LogP contribution in [0.1, 0.15) is 17.3 Å². The van der Waals surface area contributed by atoms with Crippen LogP contribution in [-0.4, -0.2) is 36.5 Å². The molecule has 1 fully saturated rings. The van der Waals surface area contributed by atoms with Gasteiger partial charge in [0.25, 0.3) is 5.91 Å². The lowest BCUT2D eigenvalue weighted by Gasteiger charge is -2.34. The third-order valence-electron chi connectivity index (χ3n) is 3.81. The Kier molecular flexibility index (Phi) is 5.25. The first kappa shape index (κ1) is 16.3. The van der Waals surface area contributed by atoms with Gasteiger partial charge in [0.1, 0.15) is 0 Å². The van der Waals surface area contributed by atoms with E-state index in [1.807, 2.05) is 35.2 Å². The monoisotopic (exact) mass is 368 g/mol. The first-order chi connectivity index (χ1) is 9.65. The molecule has 2 aromatic rings. The highest BCUT2D eigenvalue weighted by Crippen LogP contribution is 2.22. The summed E-state index contributed by atoms with van der Waals surface area (Å²) < 4.78 is 1.06. The molecule has 1 atom stereocenters. The number of halogens is 2. The van der Waals surface area contributed by atoms with Crippen molar-refractivity contribution in [3.63, 3.8) is 0 Å². The van der Waals surface area contributed by atoms with Crippen molar-refractivity contribution < 1.29 is 4.79 Å². The summed E-state index contributed by atoms with van der Waals surface area (Å²) in [6.45, 7) is 4.60. The van der Waals surface area contributed by atoms with Crippen molar-refractivity contribution in [2.45, 2.75) is 13.0 Å². The van der Waals surface area contributed by atoms with Gasteiger partial charge in [-0.15, -0.1) is 12.4 Å². The second-order valence-corrected chi connectivity index (χ2v) is 6.17. The zero-order valence-electron chi connectivity index (χ0n) is 11.8. The van der Waals surface area contributed by atoms with Crippen LogP contribution in [-0.2, 0) is 0 Å². The Labute approximate surface area is 139 Å². The summed E-state index contributed by atoms with van der Waals surface area (Å²) in [5.41, 5.74) is 0.772. The summed E-state index contributed by atoms with van der Waals surface area (Å²) in [4.78, 5) is 14.6. The summed E-state index contributed by atoms with van der Waals surface area (Å²) in [5.74, 6) is 0.129. The van der Waals surface area contributed by atoms with E-state index in [0.29, 0.717) is 0 Å². The van der Waals surface area contributed by atoms with Gasteiger partial charge in [-0.25, -0.2) is 0 Å². The molecule has 1 saturated heterocycles. The largest absolute Gasteiger partial charge is 0.333 e. The van der Waals surface area contributed by atoms with Crippen LogP contribution in [0, 0.1) is 0 Å². The lowest BCUT2D eigenvalue weighted by molar-refractivity contribution is 0.0656. The number of amides is 1. The van der Waals surface area contributed by atoms with Gasteiger partial charge in [0.15, 0.2) is 0 Å². The Hall–Kier alpha value is -1.10. The van der Waals surface area contributed by atoms with Gasteiger partial charge in [0.05, 0.1) is 0 Å². The first-order valence-corrected chi connectivity index (χ1v) is 7.65. The Morgan fingerprint density at radius 2 is 1.95 bits per heavy atom. The highest BCUT2D eigenvalue weighted by atomic mass is 79.9. The average Bonchev–Trinajstić information content (AvgIpc) is 2.46. The van der Waals surface area contributed by atoms with Crippen molar-refractivity contribution in [3.05, 3.63) is 46.4 Å². The lowest BCUT2D eigenvalue weighted by atomic mass is 10.1. The minimum atomic E-state index is 0. The van der Waals surface area contributed by atoms with Gasteiger partial charge in [-0.05, 0) is 42.0 Å². The molecule has 1 N–H and O–H groups in total.